The minimum atomic E-state index is -0.315. The molecule has 1 aromatic carbocycles. The summed E-state index contributed by atoms with van der Waals surface area (Å²) in [6.07, 6.45) is 1.64. The van der Waals surface area contributed by atoms with Gasteiger partial charge in [0.15, 0.2) is 0 Å². The van der Waals surface area contributed by atoms with Gasteiger partial charge in [-0.3, -0.25) is 4.90 Å². The first-order valence-corrected chi connectivity index (χ1v) is 7.66. The number of nitrogens with zero attached hydrogens (tertiary/aromatic N) is 3. The van der Waals surface area contributed by atoms with E-state index in [1.807, 2.05) is 19.9 Å². The molecule has 0 bridgehead atoms. The van der Waals surface area contributed by atoms with Crippen molar-refractivity contribution in [3.8, 4) is 11.8 Å². The van der Waals surface area contributed by atoms with E-state index in [-0.39, 0.29) is 17.4 Å². The molecule has 0 spiro atoms. The molecule has 4 nitrogen and oxygen atoms in total. The Morgan fingerprint density at radius 2 is 2.00 bits per heavy atom. The zero-order valence-electron chi connectivity index (χ0n) is 13.9. The predicted molar refractivity (Wildman–Crippen MR) is 91.2 cm³/mol. The van der Waals surface area contributed by atoms with E-state index in [0.717, 1.165) is 5.69 Å². The van der Waals surface area contributed by atoms with E-state index in [4.69, 9.17) is 0 Å². The highest BCUT2D eigenvalue weighted by Gasteiger charge is 2.41. The molecule has 0 unspecified atom stereocenters. The SMILES string of the molecule is CN1C(=O)N(c2ccc(C#Cc3cccc(F)c3)nc2)CC1(C)C. The van der Waals surface area contributed by atoms with Gasteiger partial charge in [0, 0.05) is 12.6 Å². The normalized spacial score (nSPS) is 16.1. The van der Waals surface area contributed by atoms with Crippen molar-refractivity contribution in [2.75, 3.05) is 18.5 Å². The van der Waals surface area contributed by atoms with Crippen molar-refractivity contribution < 1.29 is 9.18 Å². The largest absolute Gasteiger partial charge is 0.324 e. The van der Waals surface area contributed by atoms with Gasteiger partial charge in [-0.2, -0.15) is 0 Å². The Balaban J connectivity index is 1.79. The van der Waals surface area contributed by atoms with Crippen LogP contribution in [0.5, 0.6) is 0 Å². The molecule has 1 aliphatic heterocycles. The Morgan fingerprint density at radius 1 is 1.21 bits per heavy atom. The van der Waals surface area contributed by atoms with Crippen molar-refractivity contribution in [3.05, 3.63) is 59.7 Å². The molecule has 122 valence electrons. The molecule has 0 radical (unpaired) electrons. The summed E-state index contributed by atoms with van der Waals surface area (Å²) in [4.78, 5) is 20.0. The Morgan fingerprint density at radius 3 is 2.58 bits per heavy atom. The van der Waals surface area contributed by atoms with Crippen LogP contribution >= 0.6 is 0 Å². The monoisotopic (exact) mass is 323 g/mol. The molecule has 2 aromatic rings. The number of urea groups is 1. The minimum Gasteiger partial charge on any atom is -0.320 e. The number of hydrogen-bond acceptors (Lipinski definition) is 2. The van der Waals surface area contributed by atoms with Crippen LogP contribution in [0.25, 0.3) is 0 Å². The molecule has 2 amide bonds. The van der Waals surface area contributed by atoms with Crippen molar-refractivity contribution in [3.63, 3.8) is 0 Å². The van der Waals surface area contributed by atoms with Gasteiger partial charge in [0.05, 0.1) is 24.0 Å². The second kappa shape index (κ2) is 5.97. The second-order valence-corrected chi connectivity index (χ2v) is 6.40. The van der Waals surface area contributed by atoms with E-state index >= 15 is 0 Å². The highest BCUT2D eigenvalue weighted by Crippen LogP contribution is 2.28. The Bertz CT molecular complexity index is 834. The van der Waals surface area contributed by atoms with Crippen LogP contribution in [0.1, 0.15) is 25.1 Å². The smallest absolute Gasteiger partial charge is 0.320 e. The van der Waals surface area contributed by atoms with E-state index in [2.05, 4.69) is 16.8 Å². The summed E-state index contributed by atoms with van der Waals surface area (Å²) in [7, 11) is 1.80. The number of benzene rings is 1. The van der Waals surface area contributed by atoms with Crippen LogP contribution in [0.15, 0.2) is 42.6 Å². The average molecular weight is 323 g/mol. The topological polar surface area (TPSA) is 36.4 Å². The molecule has 0 atom stereocenters. The van der Waals surface area contributed by atoms with Crippen LogP contribution in [-0.2, 0) is 0 Å². The highest BCUT2D eigenvalue weighted by molar-refractivity contribution is 5.94. The van der Waals surface area contributed by atoms with Gasteiger partial charge in [-0.15, -0.1) is 0 Å². The maximum Gasteiger partial charge on any atom is 0.324 e. The number of carbonyl (C=O) groups excluding carboxylic acids is 1. The molecule has 1 saturated heterocycles. The number of carbonyl (C=O) groups is 1. The molecule has 24 heavy (non-hydrogen) atoms. The standard InChI is InChI=1S/C19H18FN3O/c1-19(2)13-23(18(24)22(19)3)17-10-9-16(21-12-17)8-7-14-5-4-6-15(20)11-14/h4-6,9-12H,13H2,1-3H3. The molecule has 2 heterocycles. The zero-order chi connectivity index (χ0) is 17.3. The number of rotatable bonds is 1. The third kappa shape index (κ3) is 3.09. The molecule has 3 rings (SSSR count). The Labute approximate surface area is 140 Å². The summed E-state index contributed by atoms with van der Waals surface area (Å²) in [5, 5.41) is 0. The van der Waals surface area contributed by atoms with Crippen LogP contribution in [-0.4, -0.2) is 35.0 Å². The van der Waals surface area contributed by atoms with Crippen molar-refractivity contribution in [1.29, 1.82) is 0 Å². The van der Waals surface area contributed by atoms with E-state index in [0.29, 0.717) is 17.8 Å². The molecule has 1 aromatic heterocycles. The lowest BCUT2D eigenvalue weighted by Crippen LogP contribution is -2.38. The molecule has 5 heteroatoms. The number of hydrogen-bond donors (Lipinski definition) is 0. The number of halogens is 1. The Kier molecular flexibility index (Phi) is 3.98. The molecule has 0 N–H and O–H groups in total. The maximum atomic E-state index is 13.1. The van der Waals surface area contributed by atoms with Crippen molar-refractivity contribution in [1.82, 2.24) is 9.88 Å². The molecule has 0 saturated carbocycles. The average Bonchev–Trinajstić information content (AvgIpc) is 2.77. The Hall–Kier alpha value is -2.87. The predicted octanol–water partition coefficient (Wildman–Crippen LogP) is 3.27. The molecular formula is C19H18FN3O. The van der Waals surface area contributed by atoms with E-state index in [1.165, 1.54) is 12.1 Å². The fraction of sp³-hybridized carbons (Fsp3) is 0.263. The van der Waals surface area contributed by atoms with Crippen molar-refractivity contribution in [2.45, 2.75) is 19.4 Å². The summed E-state index contributed by atoms with van der Waals surface area (Å²) in [5.41, 5.74) is 1.70. The first-order valence-electron chi connectivity index (χ1n) is 7.66. The zero-order valence-corrected chi connectivity index (χ0v) is 13.9. The van der Waals surface area contributed by atoms with Gasteiger partial charge in [-0.1, -0.05) is 12.0 Å². The van der Waals surface area contributed by atoms with Gasteiger partial charge in [-0.05, 0) is 50.1 Å². The van der Waals surface area contributed by atoms with Crippen LogP contribution in [0.2, 0.25) is 0 Å². The summed E-state index contributed by atoms with van der Waals surface area (Å²) >= 11 is 0. The lowest BCUT2D eigenvalue weighted by atomic mass is 10.1. The fourth-order valence-corrected chi connectivity index (χ4v) is 2.52. The minimum absolute atomic E-state index is 0.0413. The van der Waals surface area contributed by atoms with Crippen LogP contribution in [0.4, 0.5) is 14.9 Å². The third-order valence-electron chi connectivity index (χ3n) is 4.19. The van der Waals surface area contributed by atoms with Crippen LogP contribution in [0, 0.1) is 17.7 Å². The lowest BCUT2D eigenvalue weighted by Gasteiger charge is -2.24. The van der Waals surface area contributed by atoms with E-state index in [1.54, 1.807) is 41.2 Å². The number of anilines is 1. The van der Waals surface area contributed by atoms with Crippen molar-refractivity contribution in [2.24, 2.45) is 0 Å². The summed E-state index contributed by atoms with van der Waals surface area (Å²) in [6.45, 7) is 4.66. The van der Waals surface area contributed by atoms with Gasteiger partial charge < -0.3 is 4.90 Å². The first-order chi connectivity index (χ1) is 11.4. The fourth-order valence-electron chi connectivity index (χ4n) is 2.52. The summed E-state index contributed by atoms with van der Waals surface area (Å²) in [6, 6.07) is 9.67. The van der Waals surface area contributed by atoms with Gasteiger partial charge in [0.1, 0.15) is 11.5 Å². The van der Waals surface area contributed by atoms with Crippen LogP contribution < -0.4 is 4.90 Å². The number of pyridine rings is 1. The van der Waals surface area contributed by atoms with Crippen molar-refractivity contribution >= 4 is 11.7 Å². The summed E-state index contributed by atoms with van der Waals surface area (Å²) < 4.78 is 13.1. The van der Waals surface area contributed by atoms with Gasteiger partial charge in [-0.25, -0.2) is 14.2 Å². The second-order valence-electron chi connectivity index (χ2n) is 6.40. The number of aromatic nitrogens is 1. The van der Waals surface area contributed by atoms with E-state index in [9.17, 15) is 9.18 Å². The lowest BCUT2D eigenvalue weighted by molar-refractivity contribution is 0.198. The van der Waals surface area contributed by atoms with Gasteiger partial charge in [0.25, 0.3) is 0 Å². The third-order valence-corrected chi connectivity index (χ3v) is 4.19. The molecule has 1 fully saturated rings. The summed E-state index contributed by atoms with van der Waals surface area (Å²) in [5.74, 6) is 5.46. The molecular weight excluding hydrogens is 305 g/mol. The van der Waals surface area contributed by atoms with Gasteiger partial charge in [0.2, 0.25) is 0 Å². The first kappa shape index (κ1) is 16.0. The molecule has 1 aliphatic rings. The van der Waals surface area contributed by atoms with Crippen LogP contribution in [0.3, 0.4) is 0 Å². The highest BCUT2D eigenvalue weighted by atomic mass is 19.1. The maximum absolute atomic E-state index is 13.1. The number of amides is 2. The molecule has 0 aliphatic carbocycles. The number of likely N-dealkylation sites (N-methyl/N-ethyl adjacent to an activating group) is 1. The van der Waals surface area contributed by atoms with Gasteiger partial charge >= 0.3 is 6.03 Å². The quantitative estimate of drug-likeness (QED) is 0.755. The van der Waals surface area contributed by atoms with E-state index < -0.39 is 0 Å².